The van der Waals surface area contributed by atoms with Gasteiger partial charge in [0, 0.05) is 0 Å². The van der Waals surface area contributed by atoms with Crippen LogP contribution in [0, 0.1) is 17.1 Å². The van der Waals surface area contributed by atoms with Crippen LogP contribution in [0.2, 0.25) is 0 Å². The Balaban J connectivity index is 3.00. The molecule has 0 radical (unpaired) electrons. The Morgan fingerprint density at radius 2 is 2.38 bits per heavy atom. The molecule has 0 spiro atoms. The SMILES string of the molecule is C=CCOc1cccc(F)c1C#N. The smallest absolute Gasteiger partial charge is 0.144 e. The van der Waals surface area contributed by atoms with E-state index in [1.807, 2.05) is 0 Å². The zero-order chi connectivity index (χ0) is 9.68. The van der Waals surface area contributed by atoms with Gasteiger partial charge in [-0.25, -0.2) is 4.39 Å². The molecule has 0 atom stereocenters. The minimum Gasteiger partial charge on any atom is -0.488 e. The fraction of sp³-hybridized carbons (Fsp3) is 0.100. The van der Waals surface area contributed by atoms with Crippen molar-refractivity contribution in [1.29, 1.82) is 5.26 Å². The van der Waals surface area contributed by atoms with Crippen molar-refractivity contribution < 1.29 is 9.13 Å². The van der Waals surface area contributed by atoms with E-state index in [1.54, 1.807) is 12.1 Å². The number of hydrogen-bond donors (Lipinski definition) is 0. The molecular weight excluding hydrogens is 169 g/mol. The largest absolute Gasteiger partial charge is 0.488 e. The summed E-state index contributed by atoms with van der Waals surface area (Å²) in [5.74, 6) is -0.313. The number of nitriles is 1. The standard InChI is InChI=1S/C10H8FNO/c1-2-6-13-10-5-3-4-9(11)8(10)7-12/h2-5H,1,6H2. The summed E-state index contributed by atoms with van der Waals surface area (Å²) in [6.07, 6.45) is 1.53. The van der Waals surface area contributed by atoms with Crippen molar-refractivity contribution in [2.75, 3.05) is 6.61 Å². The normalized spacial score (nSPS) is 8.92. The second-order valence-corrected chi connectivity index (χ2v) is 2.32. The first kappa shape index (κ1) is 9.27. The molecule has 0 fully saturated rings. The molecular formula is C10H8FNO. The van der Waals surface area contributed by atoms with E-state index in [0.717, 1.165) is 0 Å². The van der Waals surface area contributed by atoms with Crippen LogP contribution in [-0.4, -0.2) is 6.61 Å². The van der Waals surface area contributed by atoms with Crippen LogP contribution in [0.25, 0.3) is 0 Å². The Morgan fingerprint density at radius 3 is 3.00 bits per heavy atom. The monoisotopic (exact) mass is 177 g/mol. The fourth-order valence-corrected chi connectivity index (χ4v) is 0.882. The lowest BCUT2D eigenvalue weighted by atomic mass is 10.2. The molecule has 0 N–H and O–H groups in total. The summed E-state index contributed by atoms with van der Waals surface area (Å²) in [4.78, 5) is 0. The molecule has 2 nitrogen and oxygen atoms in total. The van der Waals surface area contributed by atoms with Crippen molar-refractivity contribution in [3.05, 3.63) is 42.2 Å². The Kier molecular flexibility index (Phi) is 3.04. The summed E-state index contributed by atoms with van der Waals surface area (Å²) in [6, 6.07) is 6.00. The van der Waals surface area contributed by atoms with Crippen molar-refractivity contribution in [3.63, 3.8) is 0 Å². The van der Waals surface area contributed by atoms with Crippen LogP contribution in [0.5, 0.6) is 5.75 Å². The third kappa shape index (κ3) is 2.06. The molecule has 0 amide bonds. The number of hydrogen-bond acceptors (Lipinski definition) is 2. The molecule has 0 saturated heterocycles. The van der Waals surface area contributed by atoms with Gasteiger partial charge in [0.2, 0.25) is 0 Å². The first-order valence-corrected chi connectivity index (χ1v) is 3.72. The Morgan fingerprint density at radius 1 is 1.62 bits per heavy atom. The van der Waals surface area contributed by atoms with E-state index >= 15 is 0 Å². The molecule has 1 aromatic rings. The summed E-state index contributed by atoms with van der Waals surface area (Å²) >= 11 is 0. The molecule has 66 valence electrons. The first-order chi connectivity index (χ1) is 6.29. The van der Waals surface area contributed by atoms with Gasteiger partial charge < -0.3 is 4.74 Å². The van der Waals surface area contributed by atoms with Gasteiger partial charge in [0.1, 0.15) is 29.8 Å². The van der Waals surface area contributed by atoms with Crippen LogP contribution < -0.4 is 4.74 Å². The molecule has 13 heavy (non-hydrogen) atoms. The molecule has 0 saturated carbocycles. The lowest BCUT2D eigenvalue weighted by Gasteiger charge is -2.04. The lowest BCUT2D eigenvalue weighted by Crippen LogP contribution is -1.96. The van der Waals surface area contributed by atoms with Crippen molar-refractivity contribution in [2.24, 2.45) is 0 Å². The van der Waals surface area contributed by atoms with Gasteiger partial charge in [-0.1, -0.05) is 18.7 Å². The summed E-state index contributed by atoms with van der Waals surface area (Å²) in [6.45, 7) is 3.71. The quantitative estimate of drug-likeness (QED) is 0.663. The molecule has 1 aromatic carbocycles. The average molecular weight is 177 g/mol. The zero-order valence-corrected chi connectivity index (χ0v) is 6.96. The second kappa shape index (κ2) is 4.27. The van der Waals surface area contributed by atoms with E-state index < -0.39 is 5.82 Å². The molecule has 0 heterocycles. The van der Waals surface area contributed by atoms with Crippen molar-refractivity contribution in [2.45, 2.75) is 0 Å². The number of ether oxygens (including phenoxy) is 1. The van der Waals surface area contributed by atoms with Gasteiger partial charge in [-0.3, -0.25) is 0 Å². The van der Waals surface area contributed by atoms with E-state index in [0.29, 0.717) is 0 Å². The third-order valence-corrected chi connectivity index (χ3v) is 1.44. The maximum atomic E-state index is 12.9. The van der Waals surface area contributed by atoms with Crippen LogP contribution in [0.4, 0.5) is 4.39 Å². The first-order valence-electron chi connectivity index (χ1n) is 3.72. The third-order valence-electron chi connectivity index (χ3n) is 1.44. The van der Waals surface area contributed by atoms with Gasteiger partial charge in [-0.2, -0.15) is 5.26 Å². The maximum absolute atomic E-state index is 12.9. The minimum absolute atomic E-state index is 0.0654. The summed E-state index contributed by atoms with van der Waals surface area (Å²) in [5.41, 5.74) is -0.0654. The number of halogens is 1. The lowest BCUT2D eigenvalue weighted by molar-refractivity contribution is 0.359. The van der Waals surface area contributed by atoms with Gasteiger partial charge in [0.15, 0.2) is 0 Å². The van der Waals surface area contributed by atoms with E-state index in [4.69, 9.17) is 10.00 Å². The average Bonchev–Trinajstić information content (AvgIpc) is 2.15. The van der Waals surface area contributed by atoms with Gasteiger partial charge in [0.25, 0.3) is 0 Å². The number of rotatable bonds is 3. The molecule has 0 unspecified atom stereocenters. The summed E-state index contributed by atoms with van der Waals surface area (Å²) < 4.78 is 18.0. The van der Waals surface area contributed by atoms with Crippen LogP contribution >= 0.6 is 0 Å². The van der Waals surface area contributed by atoms with Crippen LogP contribution in [0.15, 0.2) is 30.9 Å². The predicted octanol–water partition coefficient (Wildman–Crippen LogP) is 2.26. The molecule has 1 rings (SSSR count). The van der Waals surface area contributed by atoms with Gasteiger partial charge in [-0.05, 0) is 12.1 Å². The van der Waals surface area contributed by atoms with Crippen molar-refractivity contribution in [3.8, 4) is 11.8 Å². The Hall–Kier alpha value is -1.82. The van der Waals surface area contributed by atoms with E-state index in [1.165, 1.54) is 18.2 Å². The zero-order valence-electron chi connectivity index (χ0n) is 6.96. The molecule has 0 aromatic heterocycles. The van der Waals surface area contributed by atoms with Gasteiger partial charge >= 0.3 is 0 Å². The highest BCUT2D eigenvalue weighted by atomic mass is 19.1. The highest BCUT2D eigenvalue weighted by Crippen LogP contribution is 2.19. The van der Waals surface area contributed by atoms with Crippen LogP contribution in [-0.2, 0) is 0 Å². The molecule has 3 heteroatoms. The highest BCUT2D eigenvalue weighted by molar-refractivity contribution is 5.43. The molecule has 0 aliphatic rings. The van der Waals surface area contributed by atoms with Crippen LogP contribution in [0.1, 0.15) is 5.56 Å². The van der Waals surface area contributed by atoms with Crippen molar-refractivity contribution >= 4 is 0 Å². The topological polar surface area (TPSA) is 33.0 Å². The highest BCUT2D eigenvalue weighted by Gasteiger charge is 2.07. The maximum Gasteiger partial charge on any atom is 0.144 e. The molecule has 0 bridgehead atoms. The summed E-state index contributed by atoms with van der Waals surface area (Å²) in [7, 11) is 0. The van der Waals surface area contributed by atoms with E-state index in [-0.39, 0.29) is 17.9 Å². The number of benzene rings is 1. The molecule has 0 aliphatic carbocycles. The fourth-order valence-electron chi connectivity index (χ4n) is 0.882. The summed E-state index contributed by atoms with van der Waals surface area (Å²) in [5, 5.41) is 8.60. The Labute approximate surface area is 75.9 Å². The second-order valence-electron chi connectivity index (χ2n) is 2.32. The van der Waals surface area contributed by atoms with Crippen molar-refractivity contribution in [1.82, 2.24) is 0 Å². The number of nitrogens with zero attached hydrogens (tertiary/aromatic N) is 1. The minimum atomic E-state index is -0.566. The van der Waals surface area contributed by atoms with E-state index in [2.05, 4.69) is 6.58 Å². The van der Waals surface area contributed by atoms with E-state index in [9.17, 15) is 4.39 Å². The van der Waals surface area contributed by atoms with Crippen LogP contribution in [0.3, 0.4) is 0 Å². The van der Waals surface area contributed by atoms with Gasteiger partial charge in [-0.15, -0.1) is 0 Å². The Bertz CT molecular complexity index is 354. The molecule has 0 aliphatic heterocycles. The predicted molar refractivity (Wildman–Crippen MR) is 46.8 cm³/mol. The van der Waals surface area contributed by atoms with Gasteiger partial charge in [0.05, 0.1) is 0 Å².